The third-order valence-electron chi connectivity index (χ3n) is 3.92. The summed E-state index contributed by atoms with van der Waals surface area (Å²) < 4.78 is 0. The van der Waals surface area contributed by atoms with Crippen molar-refractivity contribution < 1.29 is 4.79 Å². The number of carbonyl (C=O) groups excluding carboxylic acids is 1. The van der Waals surface area contributed by atoms with E-state index in [1.54, 1.807) is 17.4 Å². The third kappa shape index (κ3) is 3.77. The molecule has 1 aromatic heterocycles. The van der Waals surface area contributed by atoms with E-state index in [9.17, 15) is 4.79 Å². The summed E-state index contributed by atoms with van der Waals surface area (Å²) >= 11 is 1.63. The molecular weight excluding hydrogens is 292 g/mol. The van der Waals surface area contributed by atoms with Crippen LogP contribution in [0.2, 0.25) is 0 Å². The van der Waals surface area contributed by atoms with Gasteiger partial charge in [0.2, 0.25) is 5.91 Å². The lowest BCUT2D eigenvalue weighted by Crippen LogP contribution is -2.39. The molecule has 22 heavy (non-hydrogen) atoms. The highest BCUT2D eigenvalue weighted by atomic mass is 32.1. The highest BCUT2D eigenvalue weighted by Gasteiger charge is 2.24. The standard InChI is InChI=1S/C18H20N2OS/c21-18(11-10-17-9-5-13-22-17)19-14-16-8-4-12-20(16)15-6-2-1-3-7-15/h1-3,5-7,9-11,13,16H,4,8,12,14H2,(H,19,21). The van der Waals surface area contributed by atoms with Crippen molar-refractivity contribution in [3.05, 3.63) is 58.8 Å². The average Bonchev–Trinajstić information content (AvgIpc) is 3.23. The molecule has 1 amide bonds. The summed E-state index contributed by atoms with van der Waals surface area (Å²) in [6.45, 7) is 1.76. The largest absolute Gasteiger partial charge is 0.367 e. The Bertz CT molecular complexity index is 622. The van der Waals surface area contributed by atoms with E-state index in [1.807, 2.05) is 29.7 Å². The number of carbonyl (C=O) groups is 1. The molecule has 1 unspecified atom stereocenters. The van der Waals surface area contributed by atoms with Crippen LogP contribution in [0.5, 0.6) is 0 Å². The Labute approximate surface area is 135 Å². The minimum absolute atomic E-state index is 0.0201. The SMILES string of the molecule is O=C(C=Cc1cccs1)NCC1CCCN1c1ccccc1. The molecule has 1 N–H and O–H groups in total. The fourth-order valence-electron chi connectivity index (χ4n) is 2.83. The Kier molecular flexibility index (Phi) is 4.91. The first-order chi connectivity index (χ1) is 10.8. The van der Waals surface area contributed by atoms with Crippen LogP contribution < -0.4 is 10.2 Å². The van der Waals surface area contributed by atoms with E-state index in [4.69, 9.17) is 0 Å². The molecule has 0 bridgehead atoms. The predicted molar refractivity (Wildman–Crippen MR) is 93.2 cm³/mol. The van der Waals surface area contributed by atoms with Crippen molar-refractivity contribution in [1.82, 2.24) is 5.32 Å². The van der Waals surface area contributed by atoms with Gasteiger partial charge in [-0.05, 0) is 42.5 Å². The fraction of sp³-hybridized carbons (Fsp3) is 0.278. The Hall–Kier alpha value is -2.07. The minimum Gasteiger partial charge on any atom is -0.367 e. The van der Waals surface area contributed by atoms with E-state index in [0.29, 0.717) is 12.6 Å². The summed E-state index contributed by atoms with van der Waals surface area (Å²) in [5.41, 5.74) is 1.24. The molecule has 1 aliphatic rings. The van der Waals surface area contributed by atoms with E-state index in [0.717, 1.165) is 17.8 Å². The molecule has 3 rings (SSSR count). The third-order valence-corrected chi connectivity index (χ3v) is 4.76. The van der Waals surface area contributed by atoms with Crippen molar-refractivity contribution >= 4 is 29.0 Å². The number of anilines is 1. The van der Waals surface area contributed by atoms with Gasteiger partial charge in [-0.3, -0.25) is 4.79 Å². The van der Waals surface area contributed by atoms with Crippen LogP contribution in [0, 0.1) is 0 Å². The number of hydrogen-bond donors (Lipinski definition) is 1. The maximum absolute atomic E-state index is 11.9. The summed E-state index contributed by atoms with van der Waals surface area (Å²) in [5, 5.41) is 5.03. The number of nitrogens with one attached hydrogen (secondary N) is 1. The van der Waals surface area contributed by atoms with Gasteiger partial charge in [0.25, 0.3) is 0 Å². The Morgan fingerprint density at radius 3 is 2.91 bits per heavy atom. The molecule has 0 radical (unpaired) electrons. The second-order valence-corrected chi connectivity index (χ2v) is 6.40. The zero-order valence-corrected chi connectivity index (χ0v) is 13.3. The minimum atomic E-state index is -0.0201. The molecule has 114 valence electrons. The summed E-state index contributed by atoms with van der Waals surface area (Å²) in [7, 11) is 0. The molecule has 2 aromatic rings. The van der Waals surface area contributed by atoms with Gasteiger partial charge in [0.05, 0.1) is 0 Å². The van der Waals surface area contributed by atoms with Gasteiger partial charge in [-0.15, -0.1) is 11.3 Å². The first-order valence-corrected chi connectivity index (χ1v) is 8.52. The van der Waals surface area contributed by atoms with Crippen LogP contribution >= 0.6 is 11.3 Å². The number of benzene rings is 1. The lowest BCUT2D eigenvalue weighted by atomic mass is 10.2. The molecular formula is C18H20N2OS. The molecule has 4 heteroatoms. The molecule has 1 fully saturated rings. The highest BCUT2D eigenvalue weighted by molar-refractivity contribution is 7.10. The number of rotatable bonds is 5. The van der Waals surface area contributed by atoms with E-state index in [2.05, 4.69) is 34.5 Å². The molecule has 0 aliphatic carbocycles. The molecule has 0 saturated carbocycles. The van der Waals surface area contributed by atoms with Gasteiger partial charge in [-0.2, -0.15) is 0 Å². The number of hydrogen-bond acceptors (Lipinski definition) is 3. The van der Waals surface area contributed by atoms with Gasteiger partial charge in [0.1, 0.15) is 0 Å². The van der Waals surface area contributed by atoms with E-state index < -0.39 is 0 Å². The predicted octanol–water partition coefficient (Wildman–Crippen LogP) is 3.55. The Balaban J connectivity index is 1.53. The zero-order chi connectivity index (χ0) is 15.2. The average molecular weight is 312 g/mol. The summed E-state index contributed by atoms with van der Waals surface area (Å²) in [4.78, 5) is 15.4. The van der Waals surface area contributed by atoms with Gasteiger partial charge in [-0.25, -0.2) is 0 Å². The Morgan fingerprint density at radius 2 is 2.14 bits per heavy atom. The number of nitrogens with zero attached hydrogens (tertiary/aromatic N) is 1. The lowest BCUT2D eigenvalue weighted by molar-refractivity contribution is -0.116. The van der Waals surface area contributed by atoms with Crippen molar-refractivity contribution in [2.45, 2.75) is 18.9 Å². The lowest BCUT2D eigenvalue weighted by Gasteiger charge is -2.26. The molecule has 1 saturated heterocycles. The van der Waals surface area contributed by atoms with Crippen molar-refractivity contribution in [2.24, 2.45) is 0 Å². The smallest absolute Gasteiger partial charge is 0.244 e. The molecule has 0 spiro atoms. The van der Waals surface area contributed by atoms with Crippen molar-refractivity contribution in [3.63, 3.8) is 0 Å². The fourth-order valence-corrected chi connectivity index (χ4v) is 3.45. The maximum Gasteiger partial charge on any atom is 0.244 e. The van der Waals surface area contributed by atoms with Crippen LogP contribution in [0.25, 0.3) is 6.08 Å². The van der Waals surface area contributed by atoms with Gasteiger partial charge in [0.15, 0.2) is 0 Å². The summed E-state index contributed by atoms with van der Waals surface area (Å²) in [6.07, 6.45) is 5.79. The number of para-hydroxylation sites is 1. The van der Waals surface area contributed by atoms with Gasteiger partial charge in [0, 0.05) is 35.8 Å². The van der Waals surface area contributed by atoms with Crippen LogP contribution in [-0.2, 0) is 4.79 Å². The van der Waals surface area contributed by atoms with Crippen LogP contribution in [0.3, 0.4) is 0 Å². The number of thiophene rings is 1. The molecule has 1 aliphatic heterocycles. The van der Waals surface area contributed by atoms with Crippen molar-refractivity contribution in [1.29, 1.82) is 0 Å². The second-order valence-electron chi connectivity index (χ2n) is 5.42. The van der Waals surface area contributed by atoms with E-state index >= 15 is 0 Å². The van der Waals surface area contributed by atoms with E-state index in [-0.39, 0.29) is 5.91 Å². The first kappa shape index (κ1) is 14.9. The zero-order valence-electron chi connectivity index (χ0n) is 12.4. The Morgan fingerprint density at radius 1 is 1.27 bits per heavy atom. The van der Waals surface area contributed by atoms with Crippen molar-refractivity contribution in [2.75, 3.05) is 18.0 Å². The molecule has 2 heterocycles. The van der Waals surface area contributed by atoms with Crippen LogP contribution in [0.15, 0.2) is 53.9 Å². The van der Waals surface area contributed by atoms with Gasteiger partial charge >= 0.3 is 0 Å². The van der Waals surface area contributed by atoms with Gasteiger partial charge < -0.3 is 10.2 Å². The second kappa shape index (κ2) is 7.27. The van der Waals surface area contributed by atoms with E-state index in [1.165, 1.54) is 12.1 Å². The molecule has 3 nitrogen and oxygen atoms in total. The normalized spacial score (nSPS) is 18.0. The quantitative estimate of drug-likeness (QED) is 0.856. The summed E-state index contributed by atoms with van der Waals surface area (Å²) in [6, 6.07) is 14.8. The van der Waals surface area contributed by atoms with Gasteiger partial charge in [-0.1, -0.05) is 24.3 Å². The van der Waals surface area contributed by atoms with Crippen LogP contribution in [0.4, 0.5) is 5.69 Å². The van der Waals surface area contributed by atoms with Crippen LogP contribution in [-0.4, -0.2) is 25.0 Å². The maximum atomic E-state index is 11.9. The molecule has 1 aromatic carbocycles. The van der Waals surface area contributed by atoms with Crippen molar-refractivity contribution in [3.8, 4) is 0 Å². The highest BCUT2D eigenvalue weighted by Crippen LogP contribution is 2.24. The number of amides is 1. The molecule has 1 atom stereocenters. The van der Waals surface area contributed by atoms with Crippen LogP contribution in [0.1, 0.15) is 17.7 Å². The topological polar surface area (TPSA) is 32.3 Å². The summed E-state index contributed by atoms with van der Waals surface area (Å²) in [5.74, 6) is -0.0201. The monoisotopic (exact) mass is 312 g/mol. The first-order valence-electron chi connectivity index (χ1n) is 7.64.